The predicted octanol–water partition coefficient (Wildman–Crippen LogP) is 2.09. The first-order chi connectivity index (χ1) is 9.79. The Hall–Kier alpha value is -2.33. The molecule has 0 aliphatic carbocycles. The number of rotatable bonds is 2. The van der Waals surface area contributed by atoms with E-state index in [1.54, 1.807) is 17.0 Å². The zero-order valence-electron chi connectivity index (χ0n) is 10.9. The first-order valence-corrected chi connectivity index (χ1v) is 6.53. The second kappa shape index (κ2) is 5.35. The maximum absolute atomic E-state index is 12.6. The number of aliphatic hydroxyl groups is 1. The van der Waals surface area contributed by atoms with Crippen LogP contribution in [0.1, 0.15) is 10.4 Å². The number of benzene rings is 2. The highest BCUT2D eigenvalue weighted by Gasteiger charge is 2.29. The minimum atomic E-state index is -0.391. The van der Waals surface area contributed by atoms with E-state index in [2.05, 4.69) is 0 Å². The Morgan fingerprint density at radius 2 is 1.85 bits per heavy atom. The molecule has 1 N–H and O–H groups in total. The van der Waals surface area contributed by atoms with E-state index >= 15 is 0 Å². The molecule has 1 atom stereocenters. The molecule has 0 radical (unpaired) electrons. The van der Waals surface area contributed by atoms with Crippen LogP contribution >= 0.6 is 0 Å². The molecule has 1 aliphatic rings. The van der Waals surface area contributed by atoms with E-state index < -0.39 is 6.10 Å². The molecule has 1 amide bonds. The number of carbonyl (C=O) groups is 1. The molecule has 4 heteroatoms. The van der Waals surface area contributed by atoms with Crippen molar-refractivity contribution in [3.63, 3.8) is 0 Å². The van der Waals surface area contributed by atoms with Crippen LogP contribution in [-0.2, 0) is 0 Å². The van der Waals surface area contributed by atoms with Crippen LogP contribution in [-0.4, -0.2) is 30.3 Å². The van der Waals surface area contributed by atoms with Gasteiger partial charge in [0.1, 0.15) is 11.9 Å². The van der Waals surface area contributed by atoms with Crippen molar-refractivity contribution in [2.24, 2.45) is 0 Å². The molecule has 0 saturated heterocycles. The van der Waals surface area contributed by atoms with E-state index in [0.29, 0.717) is 17.9 Å². The fourth-order valence-corrected chi connectivity index (χ4v) is 2.32. The quantitative estimate of drug-likeness (QED) is 0.908. The Balaban J connectivity index is 1.98. The summed E-state index contributed by atoms with van der Waals surface area (Å²) in [7, 11) is 0. The van der Waals surface area contributed by atoms with Crippen molar-refractivity contribution in [3.8, 4) is 5.75 Å². The minimum Gasteiger partial charge on any atom is -0.484 e. The highest BCUT2D eigenvalue weighted by Crippen LogP contribution is 2.33. The summed E-state index contributed by atoms with van der Waals surface area (Å²) >= 11 is 0. The molecule has 0 bridgehead atoms. The van der Waals surface area contributed by atoms with Gasteiger partial charge in [-0.1, -0.05) is 30.3 Å². The average Bonchev–Trinajstić information content (AvgIpc) is 2.54. The van der Waals surface area contributed by atoms with Crippen molar-refractivity contribution in [3.05, 3.63) is 60.2 Å². The van der Waals surface area contributed by atoms with Crippen molar-refractivity contribution in [2.45, 2.75) is 6.10 Å². The lowest BCUT2D eigenvalue weighted by molar-refractivity contribution is 0.0889. The smallest absolute Gasteiger partial charge is 0.258 e. The Kier molecular flexibility index (Phi) is 3.39. The van der Waals surface area contributed by atoms with Crippen LogP contribution < -0.4 is 9.64 Å². The summed E-state index contributed by atoms with van der Waals surface area (Å²) in [6.45, 7) is 0.230. The van der Waals surface area contributed by atoms with Crippen LogP contribution in [0, 0.1) is 0 Å². The molecule has 3 rings (SSSR count). The Morgan fingerprint density at radius 3 is 2.60 bits per heavy atom. The molecule has 4 nitrogen and oxygen atoms in total. The topological polar surface area (TPSA) is 49.8 Å². The summed E-state index contributed by atoms with van der Waals surface area (Å²) in [4.78, 5) is 14.3. The van der Waals surface area contributed by atoms with E-state index in [1.165, 1.54) is 0 Å². The van der Waals surface area contributed by atoms with Crippen LogP contribution in [0.2, 0.25) is 0 Å². The van der Waals surface area contributed by atoms with E-state index in [1.807, 2.05) is 42.5 Å². The largest absolute Gasteiger partial charge is 0.484 e. The van der Waals surface area contributed by atoms with Gasteiger partial charge in [0.15, 0.2) is 0 Å². The molecule has 2 aromatic carbocycles. The third-order valence-electron chi connectivity index (χ3n) is 3.31. The molecule has 0 fully saturated rings. The van der Waals surface area contributed by atoms with Crippen molar-refractivity contribution >= 4 is 11.6 Å². The lowest BCUT2D eigenvalue weighted by atomic mass is 10.1. The van der Waals surface area contributed by atoms with Gasteiger partial charge in [-0.3, -0.25) is 4.79 Å². The van der Waals surface area contributed by atoms with Crippen LogP contribution in [0.15, 0.2) is 54.6 Å². The monoisotopic (exact) mass is 269 g/mol. The summed E-state index contributed by atoms with van der Waals surface area (Å²) < 4.78 is 5.65. The zero-order valence-corrected chi connectivity index (χ0v) is 10.9. The first-order valence-electron chi connectivity index (χ1n) is 6.53. The number of nitrogens with zero attached hydrogens (tertiary/aromatic N) is 1. The number of anilines is 1. The van der Waals surface area contributed by atoms with Crippen LogP contribution in [0.4, 0.5) is 5.69 Å². The van der Waals surface area contributed by atoms with E-state index in [9.17, 15) is 9.90 Å². The molecule has 20 heavy (non-hydrogen) atoms. The summed E-state index contributed by atoms with van der Waals surface area (Å²) in [5, 5.41) is 9.32. The third-order valence-corrected chi connectivity index (χ3v) is 3.31. The highest BCUT2D eigenvalue weighted by molar-refractivity contribution is 6.07. The summed E-state index contributed by atoms with van der Waals surface area (Å²) in [5.41, 5.74) is 1.37. The van der Waals surface area contributed by atoms with Crippen molar-refractivity contribution in [1.29, 1.82) is 0 Å². The zero-order chi connectivity index (χ0) is 13.9. The first kappa shape index (κ1) is 12.7. The van der Waals surface area contributed by atoms with Gasteiger partial charge >= 0.3 is 0 Å². The summed E-state index contributed by atoms with van der Waals surface area (Å²) in [6.07, 6.45) is -0.391. The maximum Gasteiger partial charge on any atom is 0.258 e. The number of hydrogen-bond acceptors (Lipinski definition) is 3. The van der Waals surface area contributed by atoms with E-state index in [-0.39, 0.29) is 12.5 Å². The fraction of sp³-hybridized carbons (Fsp3) is 0.188. The Morgan fingerprint density at radius 1 is 1.15 bits per heavy atom. The summed E-state index contributed by atoms with van der Waals surface area (Å²) in [5.74, 6) is 0.543. The van der Waals surface area contributed by atoms with Crippen molar-refractivity contribution < 1.29 is 14.6 Å². The molecule has 0 spiro atoms. The lowest BCUT2D eigenvalue weighted by Gasteiger charge is -2.34. The fourth-order valence-electron chi connectivity index (χ4n) is 2.32. The van der Waals surface area contributed by atoms with Gasteiger partial charge in [0.2, 0.25) is 0 Å². The number of ether oxygens (including phenoxy) is 1. The number of carbonyl (C=O) groups excluding carboxylic acids is 1. The Labute approximate surface area is 117 Å². The molecule has 0 saturated carbocycles. The highest BCUT2D eigenvalue weighted by atomic mass is 16.5. The average molecular weight is 269 g/mol. The second-order valence-electron chi connectivity index (χ2n) is 4.67. The van der Waals surface area contributed by atoms with Crippen LogP contribution in [0.3, 0.4) is 0 Å². The van der Waals surface area contributed by atoms with E-state index in [0.717, 1.165) is 5.69 Å². The lowest BCUT2D eigenvalue weighted by Crippen LogP contribution is -2.45. The van der Waals surface area contributed by atoms with Gasteiger partial charge in [-0.25, -0.2) is 0 Å². The number of aliphatic hydroxyl groups excluding tert-OH is 1. The van der Waals surface area contributed by atoms with Crippen LogP contribution in [0.25, 0.3) is 0 Å². The van der Waals surface area contributed by atoms with Gasteiger partial charge < -0.3 is 14.7 Å². The number of para-hydroxylation sites is 2. The van der Waals surface area contributed by atoms with Crippen molar-refractivity contribution in [1.82, 2.24) is 0 Å². The molecule has 2 aromatic rings. The van der Waals surface area contributed by atoms with Gasteiger partial charge in [-0.15, -0.1) is 0 Å². The second-order valence-corrected chi connectivity index (χ2v) is 4.67. The number of hydrogen-bond donors (Lipinski definition) is 1. The van der Waals surface area contributed by atoms with Gasteiger partial charge in [0.25, 0.3) is 5.91 Å². The van der Waals surface area contributed by atoms with Gasteiger partial charge in [0, 0.05) is 5.56 Å². The predicted molar refractivity (Wildman–Crippen MR) is 76.1 cm³/mol. The minimum absolute atomic E-state index is 0.0835. The molecule has 0 aromatic heterocycles. The molecule has 102 valence electrons. The van der Waals surface area contributed by atoms with Gasteiger partial charge in [0.05, 0.1) is 18.8 Å². The maximum atomic E-state index is 12.6. The van der Waals surface area contributed by atoms with Crippen molar-refractivity contribution in [2.75, 3.05) is 18.1 Å². The third kappa shape index (κ3) is 2.26. The van der Waals surface area contributed by atoms with Gasteiger partial charge in [-0.05, 0) is 24.3 Å². The van der Waals surface area contributed by atoms with Crippen LogP contribution in [0.5, 0.6) is 5.75 Å². The number of fused-ring (bicyclic) bond motifs is 1. The Bertz CT molecular complexity index is 612. The SMILES string of the molecule is O=C(c1ccccc1)N1CC(CO)Oc2ccccc21. The molecular formula is C16H15NO3. The van der Waals surface area contributed by atoms with Gasteiger partial charge in [-0.2, -0.15) is 0 Å². The number of amides is 1. The molecular weight excluding hydrogens is 254 g/mol. The normalized spacial score (nSPS) is 17.2. The molecule has 1 unspecified atom stereocenters. The standard InChI is InChI=1S/C16H15NO3/c18-11-13-10-17(14-8-4-5-9-15(14)20-13)16(19)12-6-2-1-3-7-12/h1-9,13,18H,10-11H2. The molecule has 1 aliphatic heterocycles. The van der Waals surface area contributed by atoms with E-state index in [4.69, 9.17) is 4.74 Å². The summed E-state index contributed by atoms with van der Waals surface area (Å²) in [6, 6.07) is 16.5. The molecule has 1 heterocycles.